The van der Waals surface area contributed by atoms with E-state index in [1.807, 2.05) is 19.1 Å². The lowest BCUT2D eigenvalue weighted by Crippen LogP contribution is -1.97. The van der Waals surface area contributed by atoms with Crippen molar-refractivity contribution in [3.05, 3.63) is 27.7 Å². The quantitative estimate of drug-likeness (QED) is 0.654. The molecule has 1 aromatic rings. The van der Waals surface area contributed by atoms with Crippen molar-refractivity contribution in [1.29, 1.82) is 0 Å². The van der Waals surface area contributed by atoms with Gasteiger partial charge in [0.05, 0.1) is 0 Å². The molecule has 0 aliphatic carbocycles. The van der Waals surface area contributed by atoms with E-state index in [9.17, 15) is 0 Å². The zero-order valence-electron chi connectivity index (χ0n) is 8.08. The third-order valence-electron chi connectivity index (χ3n) is 2.44. The highest BCUT2D eigenvalue weighted by Gasteiger charge is 2.41. The summed E-state index contributed by atoms with van der Waals surface area (Å²) >= 11 is 3.41. The summed E-state index contributed by atoms with van der Waals surface area (Å²) in [4.78, 5) is 0. The molecule has 2 atom stereocenters. The van der Waals surface area contributed by atoms with Gasteiger partial charge in [-0.3, -0.25) is 0 Å². The minimum Gasteiger partial charge on any atom is -0.398 e. The number of epoxide rings is 1. The van der Waals surface area contributed by atoms with Crippen LogP contribution in [0.5, 0.6) is 0 Å². The van der Waals surface area contributed by atoms with Crippen LogP contribution in [0.25, 0.3) is 0 Å². The molecule has 2 rings (SSSR count). The van der Waals surface area contributed by atoms with Crippen molar-refractivity contribution in [2.45, 2.75) is 19.3 Å². The molecule has 1 heterocycles. The second kappa shape index (κ2) is 3.53. The van der Waals surface area contributed by atoms with E-state index in [1.165, 1.54) is 0 Å². The number of hydrogen-bond acceptors (Lipinski definition) is 3. The lowest BCUT2D eigenvalue weighted by molar-refractivity contribution is 0.0950. The summed E-state index contributed by atoms with van der Waals surface area (Å²) in [5, 5.41) is 0. The second-order valence-corrected chi connectivity index (χ2v) is 4.29. The van der Waals surface area contributed by atoms with Crippen LogP contribution in [0.3, 0.4) is 0 Å². The molecule has 76 valence electrons. The molecule has 2 unspecified atom stereocenters. The van der Waals surface area contributed by atoms with Gasteiger partial charge in [0, 0.05) is 17.3 Å². The minimum atomic E-state index is -0.109. The zero-order chi connectivity index (χ0) is 10.3. The monoisotopic (exact) mass is 257 g/mol. The van der Waals surface area contributed by atoms with E-state index in [0.717, 1.165) is 21.3 Å². The number of anilines is 1. The summed E-state index contributed by atoms with van der Waals surface area (Å²) in [7, 11) is 1.64. The average molecular weight is 258 g/mol. The molecule has 0 spiro atoms. The molecular weight excluding hydrogens is 246 g/mol. The standard InChI is InChI=1S/C10H12BrNO2/c1-5-7(9-10(13-2)14-9)3-6(11)4-8(5)12/h3-4,9-10H,12H2,1-2H3. The Labute approximate surface area is 91.3 Å². The van der Waals surface area contributed by atoms with Crippen LogP contribution >= 0.6 is 15.9 Å². The molecule has 0 bridgehead atoms. The molecule has 0 amide bonds. The Bertz CT molecular complexity index is 367. The van der Waals surface area contributed by atoms with Crippen LogP contribution < -0.4 is 5.73 Å². The summed E-state index contributed by atoms with van der Waals surface area (Å²) in [6.07, 6.45) is -0.0674. The van der Waals surface area contributed by atoms with Gasteiger partial charge in [-0.2, -0.15) is 0 Å². The first kappa shape index (κ1) is 9.96. The summed E-state index contributed by atoms with van der Waals surface area (Å²) in [5.74, 6) is 0. The fraction of sp³-hybridized carbons (Fsp3) is 0.400. The van der Waals surface area contributed by atoms with Crippen molar-refractivity contribution in [2.24, 2.45) is 0 Å². The smallest absolute Gasteiger partial charge is 0.188 e. The minimum absolute atomic E-state index is 0.0415. The maximum Gasteiger partial charge on any atom is 0.188 e. The molecule has 0 saturated carbocycles. The van der Waals surface area contributed by atoms with Gasteiger partial charge >= 0.3 is 0 Å². The first-order valence-electron chi connectivity index (χ1n) is 4.37. The first-order valence-corrected chi connectivity index (χ1v) is 5.16. The largest absolute Gasteiger partial charge is 0.398 e. The molecular formula is C10H12BrNO2. The highest BCUT2D eigenvalue weighted by molar-refractivity contribution is 9.10. The number of benzene rings is 1. The Morgan fingerprint density at radius 3 is 2.79 bits per heavy atom. The highest BCUT2D eigenvalue weighted by Crippen LogP contribution is 2.42. The molecule has 0 radical (unpaired) electrons. The number of nitrogens with two attached hydrogens (primary N) is 1. The van der Waals surface area contributed by atoms with Crippen LogP contribution in [0, 0.1) is 6.92 Å². The van der Waals surface area contributed by atoms with Gasteiger partial charge in [-0.25, -0.2) is 0 Å². The van der Waals surface area contributed by atoms with Gasteiger partial charge in [0.2, 0.25) is 0 Å². The molecule has 3 nitrogen and oxygen atoms in total. The van der Waals surface area contributed by atoms with Crippen LogP contribution in [0.4, 0.5) is 5.69 Å². The highest BCUT2D eigenvalue weighted by atomic mass is 79.9. The van der Waals surface area contributed by atoms with Gasteiger partial charge in [-0.05, 0) is 30.2 Å². The van der Waals surface area contributed by atoms with Crippen molar-refractivity contribution < 1.29 is 9.47 Å². The van der Waals surface area contributed by atoms with Crippen molar-refractivity contribution >= 4 is 21.6 Å². The lowest BCUT2D eigenvalue weighted by Gasteiger charge is -2.06. The Morgan fingerprint density at radius 2 is 2.21 bits per heavy atom. The molecule has 1 aromatic carbocycles. The van der Waals surface area contributed by atoms with E-state index in [2.05, 4.69) is 15.9 Å². The molecule has 1 saturated heterocycles. The van der Waals surface area contributed by atoms with Gasteiger partial charge < -0.3 is 15.2 Å². The van der Waals surface area contributed by atoms with Gasteiger partial charge in [0.15, 0.2) is 6.29 Å². The van der Waals surface area contributed by atoms with E-state index in [1.54, 1.807) is 7.11 Å². The Balaban J connectivity index is 2.34. The van der Waals surface area contributed by atoms with Crippen molar-refractivity contribution in [2.75, 3.05) is 12.8 Å². The summed E-state index contributed by atoms with van der Waals surface area (Å²) in [6, 6.07) is 3.92. The predicted molar refractivity (Wildman–Crippen MR) is 57.9 cm³/mol. The molecule has 0 aromatic heterocycles. The van der Waals surface area contributed by atoms with Crippen molar-refractivity contribution in [3.63, 3.8) is 0 Å². The van der Waals surface area contributed by atoms with E-state index >= 15 is 0 Å². The number of hydrogen-bond donors (Lipinski definition) is 1. The maximum absolute atomic E-state index is 5.85. The fourth-order valence-electron chi connectivity index (χ4n) is 1.52. The summed E-state index contributed by atoms with van der Waals surface area (Å²) < 4.78 is 11.4. The van der Waals surface area contributed by atoms with Crippen LogP contribution in [-0.4, -0.2) is 13.4 Å². The topological polar surface area (TPSA) is 47.8 Å². The number of ether oxygens (including phenoxy) is 2. The van der Waals surface area contributed by atoms with Gasteiger partial charge in [0.25, 0.3) is 0 Å². The fourth-order valence-corrected chi connectivity index (χ4v) is 2.01. The van der Waals surface area contributed by atoms with Gasteiger partial charge in [-0.15, -0.1) is 0 Å². The van der Waals surface area contributed by atoms with Crippen molar-refractivity contribution in [3.8, 4) is 0 Å². The second-order valence-electron chi connectivity index (χ2n) is 3.37. The third kappa shape index (κ3) is 1.65. The Kier molecular flexibility index (Phi) is 2.51. The number of methoxy groups -OCH3 is 1. The van der Waals surface area contributed by atoms with Crippen molar-refractivity contribution in [1.82, 2.24) is 0 Å². The van der Waals surface area contributed by atoms with E-state index < -0.39 is 0 Å². The number of nitrogen functional groups attached to an aromatic ring is 1. The SMILES string of the molecule is COC1OC1c1cc(Br)cc(N)c1C. The molecule has 2 N–H and O–H groups in total. The summed E-state index contributed by atoms with van der Waals surface area (Å²) in [5.41, 5.74) is 8.79. The van der Waals surface area contributed by atoms with Crippen LogP contribution in [0.2, 0.25) is 0 Å². The van der Waals surface area contributed by atoms with Gasteiger partial charge in [-0.1, -0.05) is 15.9 Å². The van der Waals surface area contributed by atoms with Gasteiger partial charge in [0.1, 0.15) is 6.10 Å². The summed E-state index contributed by atoms with van der Waals surface area (Å²) in [6.45, 7) is 1.99. The van der Waals surface area contributed by atoms with E-state index in [-0.39, 0.29) is 12.4 Å². The van der Waals surface area contributed by atoms with E-state index in [0.29, 0.717) is 0 Å². The maximum atomic E-state index is 5.85. The molecule has 1 aliphatic heterocycles. The Hall–Kier alpha value is -0.580. The van der Waals surface area contributed by atoms with Crippen LogP contribution in [-0.2, 0) is 9.47 Å². The molecule has 4 heteroatoms. The normalized spacial score (nSPS) is 25.1. The predicted octanol–water partition coefficient (Wildman–Crippen LogP) is 2.38. The number of rotatable bonds is 2. The van der Waals surface area contributed by atoms with Crippen LogP contribution in [0.1, 0.15) is 17.2 Å². The molecule has 1 fully saturated rings. The lowest BCUT2D eigenvalue weighted by atomic mass is 10.0. The number of halogens is 1. The first-order chi connectivity index (χ1) is 6.63. The van der Waals surface area contributed by atoms with E-state index in [4.69, 9.17) is 15.2 Å². The average Bonchev–Trinajstić information content (AvgIpc) is 2.90. The zero-order valence-corrected chi connectivity index (χ0v) is 9.67. The molecule has 14 heavy (non-hydrogen) atoms. The van der Waals surface area contributed by atoms with Crippen LogP contribution in [0.15, 0.2) is 16.6 Å². The molecule has 1 aliphatic rings. The third-order valence-corrected chi connectivity index (χ3v) is 2.90. The Morgan fingerprint density at radius 1 is 1.50 bits per heavy atom.